The van der Waals surface area contributed by atoms with Gasteiger partial charge in [-0.05, 0) is 130 Å². The quantitative estimate of drug-likeness (QED) is 0.112. The van der Waals surface area contributed by atoms with Crippen molar-refractivity contribution in [2.75, 3.05) is 17.4 Å². The molecule has 8 rings (SSSR count). The molecule has 0 bridgehead atoms. The number of halogens is 7. The largest absolute Gasteiger partial charge is 0.504 e. The lowest BCUT2D eigenvalue weighted by Gasteiger charge is -2.50. The van der Waals surface area contributed by atoms with Crippen molar-refractivity contribution < 1.29 is 42.2 Å². The summed E-state index contributed by atoms with van der Waals surface area (Å²) in [7, 11) is 1.37. The second kappa shape index (κ2) is 14.2. The highest BCUT2D eigenvalue weighted by Crippen LogP contribution is 2.64. The van der Waals surface area contributed by atoms with E-state index in [0.29, 0.717) is 43.2 Å². The first kappa shape index (κ1) is 38.9. The number of aromatic nitrogens is 1. The molecule has 3 aromatic carbocycles. The van der Waals surface area contributed by atoms with Crippen LogP contribution in [0.15, 0.2) is 84.6 Å². The van der Waals surface area contributed by atoms with Crippen LogP contribution in [0.4, 0.5) is 24.7 Å². The topological polar surface area (TPSA) is 129 Å². The van der Waals surface area contributed by atoms with Crippen molar-refractivity contribution in [3.63, 3.8) is 0 Å². The molecule has 6 atom stereocenters. The number of carbonyl (C=O) groups is 4. The Bertz CT molecular complexity index is 2380. The monoisotopic (exact) mass is 1030 g/mol. The van der Waals surface area contributed by atoms with E-state index < -0.39 is 69.5 Å². The molecular weight excluding hydrogens is 1000 g/mol. The third-order valence-corrected chi connectivity index (χ3v) is 13.3. The lowest BCUT2D eigenvalue weighted by molar-refractivity contribution is -0.139. The van der Waals surface area contributed by atoms with Crippen molar-refractivity contribution in [1.29, 1.82) is 0 Å². The number of methoxy groups -OCH3 is 1. The zero-order valence-corrected chi connectivity index (χ0v) is 34.6. The van der Waals surface area contributed by atoms with Crippen molar-refractivity contribution in [2.45, 2.75) is 30.4 Å². The Morgan fingerprint density at radius 2 is 1.64 bits per heavy atom. The zero-order valence-electron chi connectivity index (χ0n) is 28.8. The van der Waals surface area contributed by atoms with Gasteiger partial charge in [0.15, 0.2) is 17.3 Å². The van der Waals surface area contributed by atoms with Gasteiger partial charge in [0, 0.05) is 20.7 Å². The summed E-state index contributed by atoms with van der Waals surface area (Å²) in [6, 6.07) is 17.3. The number of aromatic hydroxyl groups is 1. The predicted molar refractivity (Wildman–Crippen MR) is 216 cm³/mol. The number of benzene rings is 3. The first-order chi connectivity index (χ1) is 26.6. The van der Waals surface area contributed by atoms with Crippen LogP contribution in [0.2, 0.25) is 10.0 Å². The Balaban J connectivity index is 1.33. The molecule has 4 aliphatic rings. The number of amides is 4. The highest BCUT2D eigenvalue weighted by Gasteiger charge is 2.70. The van der Waals surface area contributed by atoms with Gasteiger partial charge in [0.2, 0.25) is 11.8 Å². The molecule has 288 valence electrons. The van der Waals surface area contributed by atoms with Gasteiger partial charge in [-0.1, -0.05) is 47.0 Å². The number of alkyl halides is 3. The zero-order chi connectivity index (χ0) is 40.0. The first-order valence-electron chi connectivity index (χ1n) is 17.1. The highest BCUT2D eigenvalue weighted by atomic mass is 127. The second-order valence-electron chi connectivity index (χ2n) is 14.0. The van der Waals surface area contributed by atoms with Crippen LogP contribution in [0.5, 0.6) is 11.5 Å². The number of nitrogens with zero attached hydrogens (tertiary/aromatic N) is 3. The molecule has 0 radical (unpaired) electrons. The van der Waals surface area contributed by atoms with Crippen LogP contribution in [-0.4, -0.2) is 45.8 Å². The van der Waals surface area contributed by atoms with Crippen LogP contribution >= 0.6 is 68.4 Å². The minimum Gasteiger partial charge on any atom is -0.504 e. The fourth-order valence-electron chi connectivity index (χ4n) is 8.92. The van der Waals surface area contributed by atoms with E-state index in [4.69, 9.17) is 27.9 Å². The Hall–Kier alpha value is -3.94. The summed E-state index contributed by atoms with van der Waals surface area (Å²) in [5.74, 6) is -7.28. The summed E-state index contributed by atoms with van der Waals surface area (Å²) in [6.07, 6.45) is -2.22. The average molecular weight is 1030 g/mol. The molecule has 17 heteroatoms. The fourth-order valence-corrected chi connectivity index (χ4v) is 10.2. The number of imide groups is 2. The lowest BCUT2D eigenvalue weighted by Crippen LogP contribution is -2.53. The van der Waals surface area contributed by atoms with E-state index in [9.17, 15) is 32.7 Å². The fraction of sp³-hybridized carbons (Fsp3) is 0.256. The summed E-state index contributed by atoms with van der Waals surface area (Å²) in [6.45, 7) is 0. The second-order valence-corrected chi connectivity index (χ2v) is 17.2. The van der Waals surface area contributed by atoms with E-state index >= 15 is 4.79 Å². The SMILES string of the molecule is COc1cc(C2C3=CCC4C(=O)N(c5ccc(I)cc5)C(=O)C4C3CC3C(=O)N(Nc4ncc(C(F)(F)F)cc4Cl)C(=O)C32c2ccc(Cl)cc2)cc(I)c1O. The number of hydrogen-bond donors (Lipinski definition) is 2. The van der Waals surface area contributed by atoms with E-state index in [2.05, 4.69) is 33.0 Å². The molecule has 2 saturated heterocycles. The number of fused-ring (bicyclic) bond motifs is 4. The molecule has 1 aromatic heterocycles. The molecule has 0 spiro atoms. The number of anilines is 2. The molecule has 2 N–H and O–H groups in total. The number of phenols is 1. The van der Waals surface area contributed by atoms with Gasteiger partial charge in [0.25, 0.3) is 11.8 Å². The Morgan fingerprint density at radius 3 is 2.29 bits per heavy atom. The Morgan fingerprint density at radius 1 is 0.946 bits per heavy atom. The maximum atomic E-state index is 15.4. The van der Waals surface area contributed by atoms with Crippen LogP contribution in [0.25, 0.3) is 0 Å². The van der Waals surface area contributed by atoms with Gasteiger partial charge in [-0.2, -0.15) is 18.2 Å². The molecule has 2 aliphatic heterocycles. The van der Waals surface area contributed by atoms with E-state index in [1.807, 2.05) is 28.7 Å². The number of phenolic OH excluding ortho intramolecular Hbond substituents is 1. The van der Waals surface area contributed by atoms with Crippen LogP contribution in [0, 0.1) is 30.8 Å². The van der Waals surface area contributed by atoms with Gasteiger partial charge in [-0.3, -0.25) is 29.5 Å². The van der Waals surface area contributed by atoms with Gasteiger partial charge in [0.05, 0.1) is 50.1 Å². The van der Waals surface area contributed by atoms with E-state index in [1.54, 1.807) is 60.7 Å². The average Bonchev–Trinajstić information content (AvgIpc) is 3.54. The van der Waals surface area contributed by atoms with Crippen molar-refractivity contribution >= 4 is 104 Å². The van der Waals surface area contributed by atoms with Gasteiger partial charge >= 0.3 is 6.18 Å². The predicted octanol–water partition coefficient (Wildman–Crippen LogP) is 8.52. The molecule has 1 saturated carbocycles. The number of hydrazine groups is 1. The number of ether oxygens (including phenoxy) is 1. The molecule has 6 unspecified atom stereocenters. The summed E-state index contributed by atoms with van der Waals surface area (Å²) in [5.41, 5.74) is 1.66. The smallest absolute Gasteiger partial charge is 0.417 e. The van der Waals surface area contributed by atoms with Crippen LogP contribution < -0.4 is 15.1 Å². The number of hydrogen-bond acceptors (Lipinski definition) is 8. The summed E-state index contributed by atoms with van der Waals surface area (Å²) in [5, 5.41) is 11.5. The summed E-state index contributed by atoms with van der Waals surface area (Å²) < 4.78 is 47.4. The summed E-state index contributed by atoms with van der Waals surface area (Å²) in [4.78, 5) is 63.9. The van der Waals surface area contributed by atoms with Gasteiger partial charge in [0.1, 0.15) is 0 Å². The van der Waals surface area contributed by atoms with Crippen LogP contribution in [0.3, 0.4) is 0 Å². The van der Waals surface area contributed by atoms with Gasteiger partial charge < -0.3 is 9.84 Å². The van der Waals surface area contributed by atoms with E-state index in [0.717, 1.165) is 8.58 Å². The number of nitrogens with one attached hydrogen (secondary N) is 1. The molecular formula is C39H27Cl2F3I2N4O6. The molecule has 2 aliphatic carbocycles. The maximum Gasteiger partial charge on any atom is 0.417 e. The standard InChI is InChI=1S/C39H27Cl2F3I2N4O6/c1-56-29-13-17(12-28(46)32(29)51)31-23-10-11-24-30(36(54)49(34(24)52)22-8-6-21(45)7-9-22)25(23)15-26-35(53)50(37(55)38(26,31)18-2-4-20(40)5-3-18)48-33-27(41)14-19(16-47-33)39(42,43)44/h2-10,12-14,16,24-26,30-31,51H,11,15H2,1H3,(H,47,48). The van der Waals surface area contributed by atoms with E-state index in [1.165, 1.54) is 12.0 Å². The number of carbonyl (C=O) groups excluding carboxylic acids is 4. The molecule has 4 amide bonds. The Labute approximate surface area is 354 Å². The number of rotatable bonds is 6. The normalized spacial score (nSPS) is 25.9. The van der Waals surface area contributed by atoms with Crippen LogP contribution in [0.1, 0.15) is 35.4 Å². The van der Waals surface area contributed by atoms with E-state index in [-0.39, 0.29) is 36.1 Å². The molecule has 3 fully saturated rings. The number of allylic oxidation sites excluding steroid dienone is 2. The first-order valence-corrected chi connectivity index (χ1v) is 20.0. The van der Waals surface area contributed by atoms with Crippen molar-refractivity contribution in [3.05, 3.63) is 118 Å². The highest BCUT2D eigenvalue weighted by molar-refractivity contribution is 14.1. The third-order valence-electron chi connectivity index (χ3n) is 11.2. The molecule has 4 aromatic rings. The van der Waals surface area contributed by atoms with Gasteiger partial charge in [-0.25, -0.2) is 4.98 Å². The van der Waals surface area contributed by atoms with Crippen molar-refractivity contribution in [3.8, 4) is 11.5 Å². The molecule has 56 heavy (non-hydrogen) atoms. The molecule has 3 heterocycles. The minimum absolute atomic E-state index is 0.0467. The molecule has 10 nitrogen and oxygen atoms in total. The minimum atomic E-state index is -4.76. The third kappa shape index (κ3) is 5.97. The Kier molecular flexibility index (Phi) is 9.84. The lowest BCUT2D eigenvalue weighted by atomic mass is 9.49. The number of pyridine rings is 1. The maximum absolute atomic E-state index is 15.4. The summed E-state index contributed by atoms with van der Waals surface area (Å²) >= 11 is 16.7. The van der Waals surface area contributed by atoms with Crippen molar-refractivity contribution in [2.24, 2.45) is 23.7 Å². The van der Waals surface area contributed by atoms with Crippen LogP contribution in [-0.2, 0) is 30.8 Å². The van der Waals surface area contributed by atoms with Gasteiger partial charge in [-0.15, -0.1) is 0 Å². The van der Waals surface area contributed by atoms with Crippen molar-refractivity contribution in [1.82, 2.24) is 9.99 Å².